The first-order valence-corrected chi connectivity index (χ1v) is 6.92. The number of esters is 1. The van der Waals surface area contributed by atoms with Crippen LogP contribution in [0.5, 0.6) is 0 Å². The SMILES string of the molecule is C=CCNC(=O)C(C)N1CCCCC1C(=O)OCC. The fourth-order valence-corrected chi connectivity index (χ4v) is 2.38. The van der Waals surface area contributed by atoms with Crippen LogP contribution in [0.3, 0.4) is 0 Å². The van der Waals surface area contributed by atoms with Crippen molar-refractivity contribution < 1.29 is 14.3 Å². The van der Waals surface area contributed by atoms with Crippen LogP contribution in [0.4, 0.5) is 0 Å². The minimum Gasteiger partial charge on any atom is -0.465 e. The molecule has 1 aliphatic heterocycles. The van der Waals surface area contributed by atoms with E-state index in [4.69, 9.17) is 4.74 Å². The van der Waals surface area contributed by atoms with Crippen molar-refractivity contribution in [2.24, 2.45) is 0 Å². The third-order valence-corrected chi connectivity index (χ3v) is 3.40. The van der Waals surface area contributed by atoms with E-state index in [1.54, 1.807) is 13.0 Å². The summed E-state index contributed by atoms with van der Waals surface area (Å²) >= 11 is 0. The maximum atomic E-state index is 12.0. The van der Waals surface area contributed by atoms with E-state index in [0.717, 1.165) is 25.8 Å². The number of hydrogen-bond acceptors (Lipinski definition) is 4. The highest BCUT2D eigenvalue weighted by molar-refractivity contribution is 5.83. The smallest absolute Gasteiger partial charge is 0.323 e. The number of carbonyl (C=O) groups is 2. The summed E-state index contributed by atoms with van der Waals surface area (Å²) in [5, 5.41) is 2.77. The van der Waals surface area contributed by atoms with Gasteiger partial charge in [-0.1, -0.05) is 12.5 Å². The Morgan fingerprint density at radius 2 is 2.26 bits per heavy atom. The van der Waals surface area contributed by atoms with Gasteiger partial charge < -0.3 is 10.1 Å². The first-order valence-electron chi connectivity index (χ1n) is 6.92. The van der Waals surface area contributed by atoms with Crippen LogP contribution in [0.15, 0.2) is 12.7 Å². The highest BCUT2D eigenvalue weighted by Gasteiger charge is 2.35. The zero-order valence-electron chi connectivity index (χ0n) is 11.9. The quantitative estimate of drug-likeness (QED) is 0.579. The second-order valence-corrected chi connectivity index (χ2v) is 4.71. The second-order valence-electron chi connectivity index (χ2n) is 4.71. The fourth-order valence-electron chi connectivity index (χ4n) is 2.38. The number of nitrogens with one attached hydrogen (secondary N) is 1. The summed E-state index contributed by atoms with van der Waals surface area (Å²) in [6.07, 6.45) is 4.41. The molecule has 2 atom stereocenters. The van der Waals surface area contributed by atoms with Gasteiger partial charge in [0, 0.05) is 6.54 Å². The molecule has 0 saturated carbocycles. The van der Waals surface area contributed by atoms with Crippen LogP contribution in [0.25, 0.3) is 0 Å². The van der Waals surface area contributed by atoms with Crippen molar-refractivity contribution in [3.8, 4) is 0 Å². The predicted octanol–water partition coefficient (Wildman–Crippen LogP) is 1.09. The summed E-state index contributed by atoms with van der Waals surface area (Å²) in [4.78, 5) is 25.9. The highest BCUT2D eigenvalue weighted by atomic mass is 16.5. The number of amides is 1. The van der Waals surface area contributed by atoms with E-state index in [2.05, 4.69) is 11.9 Å². The normalized spacial score (nSPS) is 21.5. The lowest BCUT2D eigenvalue weighted by atomic mass is 10.00. The van der Waals surface area contributed by atoms with Crippen LogP contribution < -0.4 is 5.32 Å². The molecule has 1 rings (SSSR count). The summed E-state index contributed by atoms with van der Waals surface area (Å²) in [6.45, 7) is 8.77. The number of likely N-dealkylation sites (tertiary alicyclic amines) is 1. The standard InChI is InChI=1S/C14H24N2O3/c1-4-9-15-13(17)11(3)16-10-7-6-8-12(16)14(18)19-5-2/h4,11-12H,1,5-10H2,2-3H3,(H,15,17). The molecular weight excluding hydrogens is 244 g/mol. The van der Waals surface area contributed by atoms with Gasteiger partial charge in [0.2, 0.25) is 5.91 Å². The van der Waals surface area contributed by atoms with Gasteiger partial charge in [0.15, 0.2) is 0 Å². The van der Waals surface area contributed by atoms with Crippen LogP contribution in [0, 0.1) is 0 Å². The van der Waals surface area contributed by atoms with Gasteiger partial charge >= 0.3 is 5.97 Å². The molecule has 5 heteroatoms. The summed E-state index contributed by atoms with van der Waals surface area (Å²) in [5.41, 5.74) is 0. The zero-order valence-corrected chi connectivity index (χ0v) is 11.9. The van der Waals surface area contributed by atoms with Gasteiger partial charge in [-0.2, -0.15) is 0 Å². The molecule has 1 heterocycles. The molecule has 1 aliphatic rings. The molecular formula is C14H24N2O3. The second kappa shape index (κ2) is 7.94. The van der Waals surface area contributed by atoms with Gasteiger partial charge in [-0.25, -0.2) is 0 Å². The van der Waals surface area contributed by atoms with Gasteiger partial charge in [0.1, 0.15) is 6.04 Å². The molecule has 0 spiro atoms. The molecule has 2 unspecified atom stereocenters. The Morgan fingerprint density at radius 3 is 2.89 bits per heavy atom. The van der Waals surface area contributed by atoms with Gasteiger partial charge in [0.25, 0.3) is 0 Å². The number of ether oxygens (including phenoxy) is 1. The average molecular weight is 268 g/mol. The summed E-state index contributed by atoms with van der Waals surface area (Å²) in [6, 6.07) is -0.618. The molecule has 0 aromatic rings. The number of piperidine rings is 1. The van der Waals surface area contributed by atoms with Crippen molar-refractivity contribution in [3.05, 3.63) is 12.7 Å². The maximum Gasteiger partial charge on any atom is 0.323 e. The third kappa shape index (κ3) is 4.35. The lowest BCUT2D eigenvalue weighted by Crippen LogP contribution is -2.54. The molecule has 5 nitrogen and oxygen atoms in total. The van der Waals surface area contributed by atoms with Crippen LogP contribution in [-0.4, -0.2) is 48.6 Å². The van der Waals surface area contributed by atoms with E-state index in [1.807, 2.05) is 11.8 Å². The number of rotatable bonds is 6. The Kier molecular flexibility index (Phi) is 6.56. The Hall–Kier alpha value is -1.36. The van der Waals surface area contributed by atoms with Crippen molar-refractivity contribution in [2.45, 2.75) is 45.2 Å². The van der Waals surface area contributed by atoms with Gasteiger partial charge in [0.05, 0.1) is 12.6 Å². The Morgan fingerprint density at radius 1 is 1.53 bits per heavy atom. The zero-order chi connectivity index (χ0) is 14.3. The Balaban J connectivity index is 2.67. The minimum atomic E-state index is -0.324. The molecule has 1 saturated heterocycles. The minimum absolute atomic E-state index is 0.0731. The van der Waals surface area contributed by atoms with E-state index in [9.17, 15) is 9.59 Å². The van der Waals surface area contributed by atoms with Gasteiger partial charge in [-0.05, 0) is 33.2 Å². The molecule has 0 aromatic carbocycles. The van der Waals surface area contributed by atoms with Gasteiger partial charge in [-0.15, -0.1) is 6.58 Å². The highest BCUT2D eigenvalue weighted by Crippen LogP contribution is 2.20. The molecule has 0 radical (unpaired) electrons. The third-order valence-electron chi connectivity index (χ3n) is 3.40. The van der Waals surface area contributed by atoms with E-state index in [-0.39, 0.29) is 24.0 Å². The summed E-state index contributed by atoms with van der Waals surface area (Å²) in [5.74, 6) is -0.290. The molecule has 0 aliphatic carbocycles. The summed E-state index contributed by atoms with van der Waals surface area (Å²) < 4.78 is 5.09. The Bertz CT molecular complexity index is 331. The average Bonchev–Trinajstić information content (AvgIpc) is 2.44. The van der Waals surface area contributed by atoms with Crippen LogP contribution in [0.1, 0.15) is 33.1 Å². The molecule has 1 fully saturated rings. The van der Waals surface area contributed by atoms with E-state index >= 15 is 0 Å². The van der Waals surface area contributed by atoms with Crippen molar-refractivity contribution in [1.82, 2.24) is 10.2 Å². The molecule has 0 aromatic heterocycles. The lowest BCUT2D eigenvalue weighted by Gasteiger charge is -2.37. The van der Waals surface area contributed by atoms with E-state index < -0.39 is 0 Å². The Labute approximate surface area is 115 Å². The van der Waals surface area contributed by atoms with Crippen LogP contribution in [-0.2, 0) is 14.3 Å². The van der Waals surface area contributed by atoms with Crippen molar-refractivity contribution in [2.75, 3.05) is 19.7 Å². The van der Waals surface area contributed by atoms with E-state index in [0.29, 0.717) is 13.2 Å². The predicted molar refractivity (Wildman–Crippen MR) is 73.6 cm³/mol. The monoisotopic (exact) mass is 268 g/mol. The van der Waals surface area contributed by atoms with Crippen molar-refractivity contribution in [3.63, 3.8) is 0 Å². The topological polar surface area (TPSA) is 58.6 Å². The van der Waals surface area contributed by atoms with Crippen LogP contribution in [0.2, 0.25) is 0 Å². The van der Waals surface area contributed by atoms with Gasteiger partial charge in [-0.3, -0.25) is 14.5 Å². The first kappa shape index (κ1) is 15.7. The summed E-state index contributed by atoms with van der Waals surface area (Å²) in [7, 11) is 0. The maximum absolute atomic E-state index is 12.0. The lowest BCUT2D eigenvalue weighted by molar-refractivity contribution is -0.153. The first-order chi connectivity index (χ1) is 9.11. The largest absolute Gasteiger partial charge is 0.465 e. The number of nitrogens with zero attached hydrogens (tertiary/aromatic N) is 1. The number of carbonyl (C=O) groups excluding carboxylic acids is 2. The van der Waals surface area contributed by atoms with E-state index in [1.165, 1.54) is 0 Å². The molecule has 1 N–H and O–H groups in total. The molecule has 108 valence electrons. The molecule has 1 amide bonds. The van der Waals surface area contributed by atoms with Crippen molar-refractivity contribution in [1.29, 1.82) is 0 Å². The number of hydrogen-bond donors (Lipinski definition) is 1. The molecule has 19 heavy (non-hydrogen) atoms. The van der Waals surface area contributed by atoms with Crippen LogP contribution >= 0.6 is 0 Å². The fraction of sp³-hybridized carbons (Fsp3) is 0.714. The van der Waals surface area contributed by atoms with Crippen molar-refractivity contribution >= 4 is 11.9 Å². The molecule has 0 bridgehead atoms.